The number of halogens is 1. The van der Waals surface area contributed by atoms with Gasteiger partial charge in [0, 0.05) is 79.2 Å². The topological polar surface area (TPSA) is 48.8 Å². The van der Waals surface area contributed by atoms with E-state index >= 15 is 0 Å². The third-order valence-electron chi connectivity index (χ3n) is 7.88. The highest BCUT2D eigenvalue weighted by atomic mass is 35.5. The molecule has 2 aliphatic heterocycles. The number of para-hydroxylation sites is 1. The van der Waals surface area contributed by atoms with E-state index in [0.717, 1.165) is 40.8 Å². The van der Waals surface area contributed by atoms with Crippen LogP contribution < -0.4 is 4.90 Å². The highest BCUT2D eigenvalue weighted by Crippen LogP contribution is 2.45. The molecule has 37 heavy (non-hydrogen) atoms. The van der Waals surface area contributed by atoms with Crippen LogP contribution in [0.15, 0.2) is 79.0 Å². The second-order valence-corrected chi connectivity index (χ2v) is 10.4. The zero-order valence-corrected chi connectivity index (χ0v) is 21.7. The van der Waals surface area contributed by atoms with Crippen molar-refractivity contribution < 1.29 is 9.59 Å². The van der Waals surface area contributed by atoms with Crippen LogP contribution in [0, 0.1) is 0 Å². The molecular weight excluding hydrogens is 484 g/mol. The van der Waals surface area contributed by atoms with Crippen molar-refractivity contribution >= 4 is 40.0 Å². The van der Waals surface area contributed by atoms with Crippen LogP contribution in [0.1, 0.15) is 33.4 Å². The molecule has 0 N–H and O–H groups in total. The highest BCUT2D eigenvalue weighted by molar-refractivity contribution is 6.30. The van der Waals surface area contributed by atoms with Crippen molar-refractivity contribution in [1.29, 1.82) is 0 Å². The number of carbonyl (C=O) groups excluding carboxylic acids is 2. The van der Waals surface area contributed by atoms with Crippen molar-refractivity contribution in [2.45, 2.75) is 12.0 Å². The number of hydrogen-bond acceptors (Lipinski definition) is 3. The first kappa shape index (κ1) is 23.6. The summed E-state index contributed by atoms with van der Waals surface area (Å²) in [7, 11) is 3.83. The van der Waals surface area contributed by atoms with E-state index in [9.17, 15) is 9.59 Å². The quantitative estimate of drug-likeness (QED) is 0.384. The summed E-state index contributed by atoms with van der Waals surface area (Å²) in [6.07, 6.45) is 2.08. The predicted molar refractivity (Wildman–Crippen MR) is 147 cm³/mol. The molecule has 2 amide bonds. The number of fused-ring (bicyclic) bond motifs is 2. The number of rotatable bonds is 3. The summed E-state index contributed by atoms with van der Waals surface area (Å²) in [4.78, 5) is 33.8. The summed E-state index contributed by atoms with van der Waals surface area (Å²) >= 11 is 6.07. The average Bonchev–Trinajstić information content (AvgIpc) is 3.27. The van der Waals surface area contributed by atoms with Crippen LogP contribution in [0.3, 0.4) is 0 Å². The Morgan fingerprint density at radius 2 is 1.51 bits per heavy atom. The van der Waals surface area contributed by atoms with E-state index in [-0.39, 0.29) is 11.8 Å². The van der Waals surface area contributed by atoms with Crippen molar-refractivity contribution in [2.75, 3.05) is 38.1 Å². The molecule has 0 radical (unpaired) electrons. The molecule has 3 heterocycles. The molecule has 3 aromatic carbocycles. The highest BCUT2D eigenvalue weighted by Gasteiger charge is 2.45. The van der Waals surface area contributed by atoms with Crippen LogP contribution in [0.25, 0.3) is 10.9 Å². The number of amides is 2. The fourth-order valence-corrected chi connectivity index (χ4v) is 6.10. The predicted octanol–water partition coefficient (Wildman–Crippen LogP) is 5.09. The zero-order valence-electron chi connectivity index (χ0n) is 21.0. The minimum absolute atomic E-state index is 0.0508. The summed E-state index contributed by atoms with van der Waals surface area (Å²) in [6.45, 7) is 2.74. The molecule has 0 bridgehead atoms. The van der Waals surface area contributed by atoms with Gasteiger partial charge >= 0.3 is 0 Å². The Kier molecular flexibility index (Phi) is 5.92. The number of aromatic nitrogens is 1. The lowest BCUT2D eigenvalue weighted by molar-refractivity contribution is -0.134. The standard InChI is InChI=1S/C30H29ClN4O2/c1-32-19-25(22-7-5-6-10-26(22)32)28-27(23-8-3-4-9-24(23)29(36)33(28)2)30(37)35-17-15-34(16-18-35)21-13-11-20(31)12-14-21/h3-14,19,27-28H,15-18H2,1-2H3/t27-,28+/m0/s1. The number of benzene rings is 3. The number of hydrogen-bond donors (Lipinski definition) is 0. The van der Waals surface area contributed by atoms with Crippen molar-refractivity contribution in [3.63, 3.8) is 0 Å². The second-order valence-electron chi connectivity index (χ2n) is 9.93. The lowest BCUT2D eigenvalue weighted by Gasteiger charge is -2.43. The fourth-order valence-electron chi connectivity index (χ4n) is 5.97. The molecule has 0 saturated carbocycles. The molecule has 0 spiro atoms. The van der Waals surface area contributed by atoms with E-state index in [1.165, 1.54) is 0 Å². The van der Waals surface area contributed by atoms with Crippen LogP contribution in [0.5, 0.6) is 0 Å². The van der Waals surface area contributed by atoms with Crippen LogP contribution >= 0.6 is 11.6 Å². The fraction of sp³-hybridized carbons (Fsp3) is 0.267. The molecule has 2 aliphatic rings. The van der Waals surface area contributed by atoms with Gasteiger partial charge in [-0.1, -0.05) is 48.0 Å². The van der Waals surface area contributed by atoms with Gasteiger partial charge in [-0.3, -0.25) is 9.59 Å². The normalized spacial score (nSPS) is 19.9. The van der Waals surface area contributed by atoms with Crippen molar-refractivity contribution in [3.8, 4) is 0 Å². The number of likely N-dealkylation sites (N-methyl/N-ethyl adjacent to an activating group) is 1. The minimum atomic E-state index is -0.480. The maximum absolute atomic E-state index is 14.3. The monoisotopic (exact) mass is 512 g/mol. The molecule has 4 aromatic rings. The Hall–Kier alpha value is -3.77. The molecule has 0 aliphatic carbocycles. The summed E-state index contributed by atoms with van der Waals surface area (Å²) in [5.74, 6) is -0.461. The van der Waals surface area contributed by atoms with Gasteiger partial charge in [0.15, 0.2) is 0 Å². The van der Waals surface area contributed by atoms with E-state index in [1.807, 2.05) is 79.7 Å². The molecule has 1 aromatic heterocycles. The van der Waals surface area contributed by atoms with Crippen LogP contribution in [0.2, 0.25) is 5.02 Å². The molecule has 1 fully saturated rings. The summed E-state index contributed by atoms with van der Waals surface area (Å²) in [6, 6.07) is 23.2. The summed E-state index contributed by atoms with van der Waals surface area (Å²) in [5.41, 5.74) is 4.62. The largest absolute Gasteiger partial charge is 0.368 e. The summed E-state index contributed by atoms with van der Waals surface area (Å²) < 4.78 is 2.08. The van der Waals surface area contributed by atoms with Crippen LogP contribution in [0.4, 0.5) is 5.69 Å². The van der Waals surface area contributed by atoms with Crippen LogP contribution in [-0.2, 0) is 11.8 Å². The Balaban J connectivity index is 1.37. The number of aryl methyl sites for hydroxylation is 1. The number of piperazine rings is 1. The Labute approximate surface area is 221 Å². The van der Waals surface area contributed by atoms with E-state index in [1.54, 1.807) is 4.90 Å². The van der Waals surface area contributed by atoms with Gasteiger partial charge in [0.25, 0.3) is 5.91 Å². The SMILES string of the molecule is CN1C(=O)c2ccccc2[C@H](C(=O)N2CCN(c3ccc(Cl)cc3)CC2)[C@H]1c1cn(C)c2ccccc12. The first-order chi connectivity index (χ1) is 17.9. The molecule has 7 heteroatoms. The molecule has 6 nitrogen and oxygen atoms in total. The zero-order chi connectivity index (χ0) is 25.7. The number of anilines is 1. The van der Waals surface area contributed by atoms with Gasteiger partial charge in [0.2, 0.25) is 5.91 Å². The third-order valence-corrected chi connectivity index (χ3v) is 8.13. The minimum Gasteiger partial charge on any atom is -0.368 e. The molecule has 6 rings (SSSR count). The van der Waals surface area contributed by atoms with Gasteiger partial charge in [-0.25, -0.2) is 0 Å². The Bertz CT molecular complexity index is 1490. The molecule has 2 atom stereocenters. The lowest BCUT2D eigenvalue weighted by Crippen LogP contribution is -2.53. The van der Waals surface area contributed by atoms with E-state index in [2.05, 4.69) is 27.8 Å². The Morgan fingerprint density at radius 3 is 2.27 bits per heavy atom. The maximum atomic E-state index is 14.3. The smallest absolute Gasteiger partial charge is 0.254 e. The first-order valence-electron chi connectivity index (χ1n) is 12.6. The van der Waals surface area contributed by atoms with Gasteiger partial charge < -0.3 is 19.3 Å². The second kappa shape index (κ2) is 9.27. The molecule has 1 saturated heterocycles. The van der Waals surface area contributed by atoms with Crippen LogP contribution in [-0.4, -0.2) is 59.4 Å². The van der Waals surface area contributed by atoms with Crippen molar-refractivity contribution in [3.05, 3.63) is 101 Å². The maximum Gasteiger partial charge on any atom is 0.254 e. The third kappa shape index (κ3) is 3.96. The van der Waals surface area contributed by atoms with E-state index < -0.39 is 12.0 Å². The average molecular weight is 513 g/mol. The van der Waals surface area contributed by atoms with Crippen molar-refractivity contribution in [2.24, 2.45) is 7.05 Å². The van der Waals surface area contributed by atoms with Crippen molar-refractivity contribution in [1.82, 2.24) is 14.4 Å². The summed E-state index contributed by atoms with van der Waals surface area (Å²) in [5, 5.41) is 1.78. The van der Waals surface area contributed by atoms with Gasteiger partial charge in [0.1, 0.15) is 0 Å². The Morgan fingerprint density at radius 1 is 0.838 bits per heavy atom. The van der Waals surface area contributed by atoms with Gasteiger partial charge in [-0.05, 0) is 42.0 Å². The van der Waals surface area contributed by atoms with Gasteiger partial charge in [-0.15, -0.1) is 0 Å². The van der Waals surface area contributed by atoms with E-state index in [0.29, 0.717) is 23.7 Å². The molecular formula is C30H29ClN4O2. The van der Waals surface area contributed by atoms with Gasteiger partial charge in [0.05, 0.1) is 12.0 Å². The first-order valence-corrected chi connectivity index (χ1v) is 13.0. The molecule has 188 valence electrons. The lowest BCUT2D eigenvalue weighted by atomic mass is 9.79. The van der Waals surface area contributed by atoms with Gasteiger partial charge in [-0.2, -0.15) is 0 Å². The number of nitrogens with zero attached hydrogens (tertiary/aromatic N) is 4. The molecule has 0 unspecified atom stereocenters. The van der Waals surface area contributed by atoms with E-state index in [4.69, 9.17) is 11.6 Å². The number of carbonyl (C=O) groups is 2.